The Morgan fingerprint density at radius 2 is 1.75 bits per heavy atom. The molecule has 1 amide bonds. The summed E-state index contributed by atoms with van der Waals surface area (Å²) < 4.78 is 13.3. The Labute approximate surface area is 202 Å². The van der Waals surface area contributed by atoms with Crippen LogP contribution >= 0.6 is 67.8 Å². The van der Waals surface area contributed by atoms with E-state index in [-0.39, 0.29) is 5.56 Å². The van der Waals surface area contributed by atoms with Crippen molar-refractivity contribution in [3.05, 3.63) is 64.5 Å². The summed E-state index contributed by atoms with van der Waals surface area (Å²) in [4.78, 5) is 24.8. The van der Waals surface area contributed by atoms with Gasteiger partial charge in [-0.15, -0.1) is 0 Å². The van der Waals surface area contributed by atoms with Gasteiger partial charge in [0.1, 0.15) is 17.0 Å². The lowest BCUT2D eigenvalue weighted by atomic mass is 10.1. The Kier molecular flexibility index (Phi) is 7.31. The van der Waals surface area contributed by atoms with Crippen LogP contribution in [-0.4, -0.2) is 23.6 Å². The van der Waals surface area contributed by atoms with Gasteiger partial charge in [0.05, 0.1) is 5.69 Å². The highest BCUT2D eigenvalue weighted by Gasteiger charge is 2.23. The highest BCUT2D eigenvalue weighted by molar-refractivity contribution is 14.1. The first-order valence-electron chi connectivity index (χ1n) is 8.00. The Morgan fingerprint density at radius 1 is 1.11 bits per heavy atom. The van der Waals surface area contributed by atoms with E-state index in [1.165, 1.54) is 0 Å². The number of esters is 1. The Hall–Kier alpha value is -1.22. The van der Waals surface area contributed by atoms with Crippen LogP contribution in [0.2, 0.25) is 0 Å². The molecule has 9 heteroatoms. The molecule has 0 spiro atoms. The van der Waals surface area contributed by atoms with Crippen LogP contribution in [0.1, 0.15) is 16.1 Å². The maximum absolute atomic E-state index is 12.6. The first-order valence-corrected chi connectivity index (χ1v) is 11.2. The largest absolute Gasteiger partial charge is 0.452 e. The lowest BCUT2D eigenvalue weighted by molar-refractivity contribution is -0.119. The van der Waals surface area contributed by atoms with Gasteiger partial charge in [-0.1, -0.05) is 35.5 Å². The van der Waals surface area contributed by atoms with E-state index in [0.717, 1.165) is 16.3 Å². The van der Waals surface area contributed by atoms with Crippen LogP contribution in [0.15, 0.2) is 47.0 Å². The van der Waals surface area contributed by atoms with Crippen molar-refractivity contribution < 1.29 is 18.8 Å². The number of hydrogen-bond acceptors (Lipinski definition) is 5. The molecule has 0 radical (unpaired) electrons. The smallest absolute Gasteiger partial charge is 0.344 e. The molecule has 2 aromatic carbocycles. The molecular formula is C19H13I3N2O4. The zero-order chi connectivity index (χ0) is 20.3. The molecule has 6 nitrogen and oxygen atoms in total. The van der Waals surface area contributed by atoms with E-state index in [4.69, 9.17) is 9.26 Å². The van der Waals surface area contributed by atoms with Crippen LogP contribution in [0.5, 0.6) is 0 Å². The normalized spacial score (nSPS) is 10.6. The van der Waals surface area contributed by atoms with Crippen LogP contribution in [0, 0.1) is 17.6 Å². The average molecular weight is 714 g/mol. The summed E-state index contributed by atoms with van der Waals surface area (Å²) in [7, 11) is 0. The van der Waals surface area contributed by atoms with Gasteiger partial charge in [0.2, 0.25) is 0 Å². The summed E-state index contributed by atoms with van der Waals surface area (Å²) in [6, 6.07) is 13.1. The molecule has 28 heavy (non-hydrogen) atoms. The van der Waals surface area contributed by atoms with Crippen molar-refractivity contribution in [3.63, 3.8) is 0 Å². The summed E-state index contributed by atoms with van der Waals surface area (Å²) >= 11 is 6.53. The molecule has 0 bridgehead atoms. The lowest BCUT2D eigenvalue weighted by Gasteiger charge is -2.11. The molecule has 0 atom stereocenters. The predicted molar refractivity (Wildman–Crippen MR) is 130 cm³/mol. The monoisotopic (exact) mass is 714 g/mol. The number of anilines is 1. The number of nitrogens with zero attached hydrogens (tertiary/aromatic N) is 1. The summed E-state index contributed by atoms with van der Waals surface area (Å²) in [5.74, 6) is -0.730. The lowest BCUT2D eigenvalue weighted by Crippen LogP contribution is -2.22. The van der Waals surface area contributed by atoms with E-state index < -0.39 is 18.5 Å². The van der Waals surface area contributed by atoms with E-state index in [9.17, 15) is 9.59 Å². The minimum Gasteiger partial charge on any atom is -0.452 e. The Balaban J connectivity index is 1.70. The second kappa shape index (κ2) is 9.52. The number of hydrogen-bond donors (Lipinski definition) is 1. The summed E-state index contributed by atoms with van der Waals surface area (Å²) in [5.41, 5.74) is 2.05. The number of carbonyl (C=O) groups is 2. The minimum absolute atomic E-state index is 0.220. The van der Waals surface area contributed by atoms with Gasteiger partial charge in [0.15, 0.2) is 6.61 Å². The third-order valence-corrected chi connectivity index (χ3v) is 6.04. The molecule has 0 aliphatic rings. The quantitative estimate of drug-likeness (QED) is 0.289. The summed E-state index contributed by atoms with van der Waals surface area (Å²) in [6.07, 6.45) is 0. The van der Waals surface area contributed by atoms with Gasteiger partial charge >= 0.3 is 5.97 Å². The fraction of sp³-hybridized carbons (Fsp3) is 0.105. The minimum atomic E-state index is -0.653. The fourth-order valence-corrected chi connectivity index (χ4v) is 6.30. The maximum atomic E-state index is 12.6. The first-order chi connectivity index (χ1) is 13.4. The molecule has 0 saturated heterocycles. The number of aromatic nitrogens is 1. The number of nitrogens with one attached hydrogen (secondary N) is 1. The Bertz CT molecular complexity index is 1010. The number of aryl methyl sites for hydroxylation is 1. The SMILES string of the molecule is Cc1onc(-c2ccccc2)c1C(=O)OCC(=O)Nc1c(I)cc(I)cc1I. The zero-order valence-corrected chi connectivity index (χ0v) is 20.9. The second-order valence-electron chi connectivity index (χ2n) is 5.70. The molecule has 3 aromatic rings. The van der Waals surface area contributed by atoms with E-state index in [2.05, 4.69) is 78.2 Å². The summed E-state index contributed by atoms with van der Waals surface area (Å²) in [5, 5.41) is 6.75. The van der Waals surface area contributed by atoms with Crippen molar-refractivity contribution >= 4 is 85.3 Å². The number of amides is 1. The van der Waals surface area contributed by atoms with Gasteiger partial charge in [0.25, 0.3) is 5.91 Å². The third-order valence-electron chi connectivity index (χ3n) is 3.72. The van der Waals surface area contributed by atoms with Crippen LogP contribution in [-0.2, 0) is 9.53 Å². The predicted octanol–water partition coefficient (Wildman–Crippen LogP) is 5.26. The first kappa shape index (κ1) is 21.5. The van der Waals surface area contributed by atoms with Crippen molar-refractivity contribution in [2.45, 2.75) is 6.92 Å². The number of rotatable bonds is 5. The van der Waals surface area contributed by atoms with Crippen LogP contribution in [0.3, 0.4) is 0 Å². The molecule has 0 unspecified atom stereocenters. The second-order valence-corrected chi connectivity index (χ2v) is 9.27. The molecule has 144 valence electrons. The van der Waals surface area contributed by atoms with Crippen molar-refractivity contribution in [3.8, 4) is 11.3 Å². The van der Waals surface area contributed by atoms with Crippen LogP contribution in [0.4, 0.5) is 5.69 Å². The van der Waals surface area contributed by atoms with Crippen molar-refractivity contribution in [2.24, 2.45) is 0 Å². The molecular weight excluding hydrogens is 701 g/mol. The molecule has 0 saturated carbocycles. The molecule has 0 fully saturated rings. The maximum Gasteiger partial charge on any atom is 0.344 e. The zero-order valence-electron chi connectivity index (χ0n) is 14.5. The van der Waals surface area contributed by atoms with Crippen molar-refractivity contribution in [2.75, 3.05) is 11.9 Å². The molecule has 1 heterocycles. The fourth-order valence-electron chi connectivity index (χ4n) is 2.45. The van der Waals surface area contributed by atoms with Crippen molar-refractivity contribution in [1.29, 1.82) is 0 Å². The molecule has 0 aliphatic heterocycles. The van der Waals surface area contributed by atoms with Gasteiger partial charge in [-0.2, -0.15) is 0 Å². The van der Waals surface area contributed by atoms with E-state index in [1.54, 1.807) is 6.92 Å². The molecule has 1 N–H and O–H groups in total. The van der Waals surface area contributed by atoms with Gasteiger partial charge in [0, 0.05) is 16.3 Å². The van der Waals surface area contributed by atoms with Crippen LogP contribution < -0.4 is 5.32 Å². The highest BCUT2D eigenvalue weighted by Crippen LogP contribution is 2.28. The van der Waals surface area contributed by atoms with Gasteiger partial charge in [-0.3, -0.25) is 4.79 Å². The van der Waals surface area contributed by atoms with Gasteiger partial charge in [-0.25, -0.2) is 4.79 Å². The highest BCUT2D eigenvalue weighted by atomic mass is 127. The molecule has 3 rings (SSSR count). The average Bonchev–Trinajstić information content (AvgIpc) is 3.05. The van der Waals surface area contributed by atoms with Crippen molar-refractivity contribution in [1.82, 2.24) is 5.16 Å². The van der Waals surface area contributed by atoms with E-state index in [0.29, 0.717) is 17.1 Å². The van der Waals surface area contributed by atoms with E-state index in [1.807, 2.05) is 42.5 Å². The number of benzene rings is 2. The van der Waals surface area contributed by atoms with Gasteiger partial charge in [-0.05, 0) is 86.8 Å². The number of halogens is 3. The molecule has 0 aliphatic carbocycles. The third kappa shape index (κ3) is 5.03. The summed E-state index contributed by atoms with van der Waals surface area (Å²) in [6.45, 7) is 1.22. The topological polar surface area (TPSA) is 81.4 Å². The number of carbonyl (C=O) groups excluding carboxylic acids is 2. The Morgan fingerprint density at radius 3 is 2.39 bits per heavy atom. The van der Waals surface area contributed by atoms with Crippen LogP contribution in [0.25, 0.3) is 11.3 Å². The number of ether oxygens (including phenoxy) is 1. The van der Waals surface area contributed by atoms with Gasteiger partial charge < -0.3 is 14.6 Å². The van der Waals surface area contributed by atoms with E-state index >= 15 is 0 Å². The molecule has 1 aromatic heterocycles. The standard InChI is InChI=1S/C19H13I3N2O4/c1-10-16(17(24-28-10)11-5-3-2-4-6-11)19(26)27-9-15(25)23-18-13(21)7-12(20)8-14(18)22/h2-8H,9H2,1H3,(H,23,25).